The van der Waals surface area contributed by atoms with Crippen LogP contribution in [-0.2, 0) is 4.79 Å². The monoisotopic (exact) mass is 466 g/mol. The number of carbonyl (C=O) groups is 2. The summed E-state index contributed by atoms with van der Waals surface area (Å²) >= 11 is 0. The first-order chi connectivity index (χ1) is 16.3. The lowest BCUT2D eigenvalue weighted by Crippen LogP contribution is -2.43. The van der Waals surface area contributed by atoms with Crippen molar-refractivity contribution >= 4 is 23.2 Å². The van der Waals surface area contributed by atoms with Crippen molar-refractivity contribution in [2.45, 2.75) is 32.2 Å². The minimum absolute atomic E-state index is 0.0953. The van der Waals surface area contributed by atoms with Crippen molar-refractivity contribution in [3.63, 3.8) is 0 Å². The van der Waals surface area contributed by atoms with E-state index in [9.17, 15) is 9.59 Å². The molecule has 1 atom stereocenters. The van der Waals surface area contributed by atoms with Crippen LogP contribution in [0.5, 0.6) is 5.75 Å². The fraction of sp³-hybridized carbons (Fsp3) is 0.481. The van der Waals surface area contributed by atoms with E-state index < -0.39 is 0 Å². The van der Waals surface area contributed by atoms with Crippen molar-refractivity contribution < 1.29 is 14.3 Å². The SMILES string of the molecule is CCCCOc1ccccc1C(=O)N(C)c1ccc(N2CCC(N(C)C(=O)CN(C)C)C2)cc1. The fourth-order valence-electron chi connectivity index (χ4n) is 4.16. The number of anilines is 2. The van der Waals surface area contributed by atoms with E-state index in [2.05, 4.69) is 11.8 Å². The summed E-state index contributed by atoms with van der Waals surface area (Å²) in [6, 6.07) is 15.7. The number of carbonyl (C=O) groups excluding carboxylic acids is 2. The molecule has 1 aliphatic heterocycles. The number of rotatable bonds is 10. The average Bonchev–Trinajstić information content (AvgIpc) is 3.33. The predicted molar refractivity (Wildman–Crippen MR) is 138 cm³/mol. The number of hydrogen-bond donors (Lipinski definition) is 0. The summed E-state index contributed by atoms with van der Waals surface area (Å²) in [5.41, 5.74) is 2.49. The second-order valence-electron chi connectivity index (χ2n) is 9.21. The molecule has 0 aromatic heterocycles. The van der Waals surface area contributed by atoms with Gasteiger partial charge in [0, 0.05) is 38.6 Å². The topological polar surface area (TPSA) is 56.3 Å². The first-order valence-electron chi connectivity index (χ1n) is 12.1. The lowest BCUT2D eigenvalue weighted by atomic mass is 10.1. The lowest BCUT2D eigenvalue weighted by Gasteiger charge is -2.27. The summed E-state index contributed by atoms with van der Waals surface area (Å²) in [4.78, 5) is 33.3. The minimum Gasteiger partial charge on any atom is -0.493 e. The van der Waals surface area contributed by atoms with Crippen LogP contribution in [-0.4, -0.2) is 82.1 Å². The molecule has 0 saturated carbocycles. The zero-order chi connectivity index (χ0) is 24.7. The smallest absolute Gasteiger partial charge is 0.261 e. The molecule has 184 valence electrons. The number of hydrogen-bond acceptors (Lipinski definition) is 5. The zero-order valence-electron chi connectivity index (χ0n) is 21.2. The van der Waals surface area contributed by atoms with E-state index in [1.54, 1.807) is 11.9 Å². The quantitative estimate of drug-likeness (QED) is 0.500. The van der Waals surface area contributed by atoms with Crippen LogP contribution >= 0.6 is 0 Å². The molecule has 1 fully saturated rings. The Morgan fingerprint density at radius 2 is 1.74 bits per heavy atom. The molecule has 2 amide bonds. The first kappa shape index (κ1) is 25.6. The fourth-order valence-corrected chi connectivity index (χ4v) is 4.16. The maximum absolute atomic E-state index is 13.2. The maximum atomic E-state index is 13.2. The van der Waals surface area contributed by atoms with E-state index in [-0.39, 0.29) is 17.9 Å². The van der Waals surface area contributed by atoms with E-state index in [0.717, 1.165) is 43.7 Å². The molecule has 1 unspecified atom stereocenters. The number of ether oxygens (including phenoxy) is 1. The molecule has 1 aliphatic rings. The van der Waals surface area contributed by atoms with Gasteiger partial charge in [0.05, 0.1) is 24.8 Å². The van der Waals surface area contributed by atoms with Gasteiger partial charge in [-0.15, -0.1) is 0 Å². The Balaban J connectivity index is 1.64. The third-order valence-corrected chi connectivity index (χ3v) is 6.34. The largest absolute Gasteiger partial charge is 0.493 e. The van der Waals surface area contributed by atoms with Crippen LogP contribution in [0.2, 0.25) is 0 Å². The number of unbranched alkanes of at least 4 members (excludes halogenated alkanes) is 1. The van der Waals surface area contributed by atoms with Gasteiger partial charge in [0.2, 0.25) is 5.91 Å². The number of likely N-dealkylation sites (N-methyl/N-ethyl adjacent to an activating group) is 2. The van der Waals surface area contributed by atoms with Gasteiger partial charge in [-0.25, -0.2) is 0 Å². The Bertz CT molecular complexity index is 961. The third-order valence-electron chi connectivity index (χ3n) is 6.34. The van der Waals surface area contributed by atoms with E-state index in [1.807, 2.05) is 79.5 Å². The molecule has 0 spiro atoms. The summed E-state index contributed by atoms with van der Waals surface area (Å²) in [5.74, 6) is 0.675. The lowest BCUT2D eigenvalue weighted by molar-refractivity contribution is -0.132. The van der Waals surface area contributed by atoms with Gasteiger partial charge in [-0.3, -0.25) is 9.59 Å². The summed E-state index contributed by atoms with van der Waals surface area (Å²) < 4.78 is 5.85. The van der Waals surface area contributed by atoms with Gasteiger partial charge in [-0.05, 0) is 63.3 Å². The highest BCUT2D eigenvalue weighted by atomic mass is 16.5. The van der Waals surface area contributed by atoms with Crippen LogP contribution in [0.4, 0.5) is 11.4 Å². The van der Waals surface area contributed by atoms with Gasteiger partial charge in [0.1, 0.15) is 5.75 Å². The molecule has 0 N–H and O–H groups in total. The van der Waals surface area contributed by atoms with E-state index in [4.69, 9.17) is 4.74 Å². The van der Waals surface area contributed by atoms with Gasteiger partial charge < -0.3 is 24.3 Å². The van der Waals surface area contributed by atoms with Crippen LogP contribution in [0.1, 0.15) is 36.5 Å². The molecule has 0 aliphatic carbocycles. The Morgan fingerprint density at radius 1 is 1.03 bits per heavy atom. The molecule has 0 radical (unpaired) electrons. The molecule has 1 heterocycles. The standard InChI is InChI=1S/C27H38N4O3/c1-6-7-18-34-25-11-9-8-10-24(25)27(33)30(5)21-12-14-22(15-13-21)31-17-16-23(19-31)29(4)26(32)20-28(2)3/h8-15,23H,6-7,16-20H2,1-5H3. The second-order valence-corrected chi connectivity index (χ2v) is 9.21. The Labute approximate surface area is 203 Å². The second kappa shape index (κ2) is 11.9. The van der Waals surface area contributed by atoms with Crippen molar-refractivity contribution in [3.05, 3.63) is 54.1 Å². The van der Waals surface area contributed by atoms with Gasteiger partial charge in [-0.1, -0.05) is 25.5 Å². The van der Waals surface area contributed by atoms with Crippen LogP contribution in [0.15, 0.2) is 48.5 Å². The van der Waals surface area contributed by atoms with Gasteiger partial charge in [-0.2, -0.15) is 0 Å². The number of amides is 2. The normalized spacial score (nSPS) is 15.5. The molecular weight excluding hydrogens is 428 g/mol. The summed E-state index contributed by atoms with van der Waals surface area (Å²) in [5, 5.41) is 0. The highest BCUT2D eigenvalue weighted by molar-refractivity contribution is 6.07. The van der Waals surface area contributed by atoms with Crippen molar-refractivity contribution in [2.75, 3.05) is 64.2 Å². The Hall–Kier alpha value is -3.06. The van der Waals surface area contributed by atoms with E-state index in [0.29, 0.717) is 24.5 Å². The van der Waals surface area contributed by atoms with E-state index in [1.165, 1.54) is 0 Å². The zero-order valence-corrected chi connectivity index (χ0v) is 21.2. The van der Waals surface area contributed by atoms with Crippen molar-refractivity contribution in [1.82, 2.24) is 9.80 Å². The number of benzene rings is 2. The molecule has 1 saturated heterocycles. The highest BCUT2D eigenvalue weighted by Crippen LogP contribution is 2.27. The molecule has 7 nitrogen and oxygen atoms in total. The molecule has 34 heavy (non-hydrogen) atoms. The minimum atomic E-state index is -0.0953. The van der Waals surface area contributed by atoms with Crippen LogP contribution in [0.3, 0.4) is 0 Å². The maximum Gasteiger partial charge on any atom is 0.261 e. The molecule has 0 bridgehead atoms. The predicted octanol–water partition coefficient (Wildman–Crippen LogP) is 3.74. The molecule has 3 rings (SSSR count). The van der Waals surface area contributed by atoms with Crippen LogP contribution in [0.25, 0.3) is 0 Å². The molecular formula is C27H38N4O3. The van der Waals surface area contributed by atoms with Gasteiger partial charge in [0.25, 0.3) is 5.91 Å². The van der Waals surface area contributed by atoms with E-state index >= 15 is 0 Å². The number of para-hydroxylation sites is 1. The Kier molecular flexibility index (Phi) is 8.93. The summed E-state index contributed by atoms with van der Waals surface area (Å²) in [7, 11) is 7.51. The van der Waals surface area contributed by atoms with Crippen LogP contribution < -0.4 is 14.5 Å². The molecule has 2 aromatic carbocycles. The first-order valence-corrected chi connectivity index (χ1v) is 12.1. The van der Waals surface area contributed by atoms with Gasteiger partial charge >= 0.3 is 0 Å². The van der Waals surface area contributed by atoms with Crippen LogP contribution in [0, 0.1) is 0 Å². The van der Waals surface area contributed by atoms with Crippen molar-refractivity contribution in [1.29, 1.82) is 0 Å². The van der Waals surface area contributed by atoms with Crippen molar-refractivity contribution in [2.24, 2.45) is 0 Å². The third kappa shape index (κ3) is 6.29. The average molecular weight is 467 g/mol. The molecule has 7 heteroatoms. The molecule has 2 aromatic rings. The van der Waals surface area contributed by atoms with Crippen molar-refractivity contribution in [3.8, 4) is 5.75 Å². The summed E-state index contributed by atoms with van der Waals surface area (Å²) in [6.45, 7) is 4.86. The Morgan fingerprint density at radius 3 is 2.41 bits per heavy atom. The highest BCUT2D eigenvalue weighted by Gasteiger charge is 2.28. The van der Waals surface area contributed by atoms with Gasteiger partial charge in [0.15, 0.2) is 0 Å². The summed E-state index contributed by atoms with van der Waals surface area (Å²) in [6.07, 6.45) is 2.95. The number of nitrogens with zero attached hydrogens (tertiary/aromatic N) is 4.